The van der Waals surface area contributed by atoms with Gasteiger partial charge in [0.2, 0.25) is 5.91 Å². The fraction of sp³-hybridized carbons (Fsp3) is 0.667. The van der Waals surface area contributed by atoms with E-state index in [1.165, 1.54) is 6.33 Å². The van der Waals surface area contributed by atoms with Gasteiger partial charge in [0.1, 0.15) is 6.33 Å². The van der Waals surface area contributed by atoms with Crippen molar-refractivity contribution in [2.24, 2.45) is 0 Å². The molecule has 1 aliphatic heterocycles. The average Bonchev–Trinajstić information content (AvgIpc) is 2.86. The summed E-state index contributed by atoms with van der Waals surface area (Å²) >= 11 is 0. The van der Waals surface area contributed by atoms with Crippen LogP contribution in [0.2, 0.25) is 0 Å². The van der Waals surface area contributed by atoms with Crippen molar-refractivity contribution in [1.29, 1.82) is 0 Å². The molecule has 2 rings (SSSR count). The van der Waals surface area contributed by atoms with Crippen LogP contribution in [0.4, 0.5) is 0 Å². The number of hydrogen-bond donors (Lipinski definition) is 0. The minimum absolute atomic E-state index is 0.155. The lowest BCUT2D eigenvalue weighted by Gasteiger charge is -2.25. The van der Waals surface area contributed by atoms with Gasteiger partial charge in [-0.15, -0.1) is 0 Å². The SMILES string of the molecule is CO[C@H]1C[C@@H](CN(C)C(=O)CCc2ccncn2)N(C)C1. The van der Waals surface area contributed by atoms with Crippen molar-refractivity contribution in [2.75, 3.05) is 34.3 Å². The van der Waals surface area contributed by atoms with Crippen LogP contribution in [-0.4, -0.2) is 72.1 Å². The second-order valence-electron chi connectivity index (χ2n) is 5.66. The molecule has 1 aliphatic rings. The highest BCUT2D eigenvalue weighted by Crippen LogP contribution is 2.18. The van der Waals surface area contributed by atoms with Crippen LogP contribution in [-0.2, 0) is 16.0 Å². The van der Waals surface area contributed by atoms with Gasteiger partial charge in [0.15, 0.2) is 0 Å². The third kappa shape index (κ3) is 4.47. The lowest BCUT2D eigenvalue weighted by molar-refractivity contribution is -0.130. The summed E-state index contributed by atoms with van der Waals surface area (Å²) in [7, 11) is 5.71. The van der Waals surface area contributed by atoms with Crippen LogP contribution in [0.1, 0.15) is 18.5 Å². The molecule has 0 spiro atoms. The first-order valence-electron chi connectivity index (χ1n) is 7.32. The van der Waals surface area contributed by atoms with Gasteiger partial charge in [-0.1, -0.05) is 0 Å². The minimum Gasteiger partial charge on any atom is -0.380 e. The molecule has 0 unspecified atom stereocenters. The molecule has 0 aromatic carbocycles. The van der Waals surface area contributed by atoms with E-state index in [0.29, 0.717) is 18.9 Å². The van der Waals surface area contributed by atoms with Gasteiger partial charge in [-0.2, -0.15) is 0 Å². The number of carbonyl (C=O) groups excluding carboxylic acids is 1. The third-order valence-electron chi connectivity index (χ3n) is 4.13. The first kappa shape index (κ1) is 15.9. The maximum atomic E-state index is 12.2. The van der Waals surface area contributed by atoms with Crippen LogP contribution in [0.25, 0.3) is 0 Å². The molecule has 0 aliphatic carbocycles. The van der Waals surface area contributed by atoms with E-state index in [-0.39, 0.29) is 12.0 Å². The fourth-order valence-corrected chi connectivity index (χ4v) is 2.72. The van der Waals surface area contributed by atoms with E-state index in [1.807, 2.05) is 18.0 Å². The number of likely N-dealkylation sites (tertiary alicyclic amines) is 1. The first-order valence-corrected chi connectivity index (χ1v) is 7.32. The Morgan fingerprint density at radius 1 is 1.57 bits per heavy atom. The molecule has 0 radical (unpaired) electrons. The van der Waals surface area contributed by atoms with Crippen molar-refractivity contribution < 1.29 is 9.53 Å². The number of nitrogens with zero attached hydrogens (tertiary/aromatic N) is 4. The molecule has 1 aromatic rings. The van der Waals surface area contributed by atoms with Crippen LogP contribution in [0.3, 0.4) is 0 Å². The number of amides is 1. The van der Waals surface area contributed by atoms with Crippen molar-refractivity contribution >= 4 is 5.91 Å². The first-order chi connectivity index (χ1) is 10.1. The smallest absolute Gasteiger partial charge is 0.222 e. The molecule has 21 heavy (non-hydrogen) atoms. The van der Waals surface area contributed by atoms with E-state index in [1.54, 1.807) is 13.3 Å². The normalized spacial score (nSPS) is 22.4. The van der Waals surface area contributed by atoms with Gasteiger partial charge in [0.05, 0.1) is 6.10 Å². The van der Waals surface area contributed by atoms with Crippen molar-refractivity contribution in [3.63, 3.8) is 0 Å². The van der Waals surface area contributed by atoms with Crippen molar-refractivity contribution in [3.05, 3.63) is 24.3 Å². The van der Waals surface area contributed by atoms with Gasteiger partial charge in [0.25, 0.3) is 0 Å². The summed E-state index contributed by atoms with van der Waals surface area (Å²) in [4.78, 5) is 24.3. The summed E-state index contributed by atoms with van der Waals surface area (Å²) in [5.74, 6) is 0.155. The molecular formula is C15H24N4O2. The summed E-state index contributed by atoms with van der Waals surface area (Å²) in [6.07, 6.45) is 5.63. The van der Waals surface area contributed by atoms with Gasteiger partial charge in [0, 0.05) is 51.6 Å². The number of aromatic nitrogens is 2. The van der Waals surface area contributed by atoms with E-state index in [9.17, 15) is 4.79 Å². The van der Waals surface area contributed by atoms with E-state index in [4.69, 9.17) is 4.74 Å². The second-order valence-corrected chi connectivity index (χ2v) is 5.66. The monoisotopic (exact) mass is 292 g/mol. The largest absolute Gasteiger partial charge is 0.380 e. The highest BCUT2D eigenvalue weighted by molar-refractivity contribution is 5.76. The van der Waals surface area contributed by atoms with Crippen molar-refractivity contribution in [2.45, 2.75) is 31.4 Å². The van der Waals surface area contributed by atoms with E-state index >= 15 is 0 Å². The number of rotatable bonds is 6. The molecule has 0 bridgehead atoms. The lowest BCUT2D eigenvalue weighted by Crippen LogP contribution is -2.39. The maximum absolute atomic E-state index is 12.2. The number of methoxy groups -OCH3 is 1. The van der Waals surface area contributed by atoms with Crippen molar-refractivity contribution in [3.8, 4) is 0 Å². The molecule has 0 saturated carbocycles. The summed E-state index contributed by atoms with van der Waals surface area (Å²) in [5, 5.41) is 0. The number of likely N-dealkylation sites (N-methyl/N-ethyl adjacent to an activating group) is 2. The molecule has 1 aromatic heterocycles. The molecule has 116 valence electrons. The topological polar surface area (TPSA) is 58.6 Å². The lowest BCUT2D eigenvalue weighted by atomic mass is 10.1. The molecule has 1 amide bonds. The molecule has 0 N–H and O–H groups in total. The zero-order chi connectivity index (χ0) is 15.2. The standard InChI is InChI=1S/C15H24N4O2/c1-18-10-14(21-3)8-13(18)9-19(2)15(20)5-4-12-6-7-16-11-17-12/h6-7,11,13-14H,4-5,8-10H2,1-3H3/t13-,14-/m0/s1. The van der Waals surface area contributed by atoms with E-state index in [2.05, 4.69) is 21.9 Å². The Hall–Kier alpha value is -1.53. The zero-order valence-corrected chi connectivity index (χ0v) is 13.0. The second kappa shape index (κ2) is 7.47. The molecular weight excluding hydrogens is 268 g/mol. The third-order valence-corrected chi connectivity index (χ3v) is 4.13. The number of hydrogen-bond acceptors (Lipinski definition) is 5. The van der Waals surface area contributed by atoms with Gasteiger partial charge in [-0.05, 0) is 26.0 Å². The zero-order valence-electron chi connectivity index (χ0n) is 13.0. The predicted molar refractivity (Wildman–Crippen MR) is 79.8 cm³/mol. The quantitative estimate of drug-likeness (QED) is 0.768. The van der Waals surface area contributed by atoms with Gasteiger partial charge < -0.3 is 9.64 Å². The number of aryl methyl sites for hydroxylation is 1. The maximum Gasteiger partial charge on any atom is 0.222 e. The van der Waals surface area contributed by atoms with Crippen LogP contribution in [0, 0.1) is 0 Å². The predicted octanol–water partition coefficient (Wildman–Crippen LogP) is 0.587. The molecule has 2 heterocycles. The Kier molecular flexibility index (Phi) is 5.64. The Labute approximate surface area is 126 Å². The molecule has 6 heteroatoms. The van der Waals surface area contributed by atoms with E-state index < -0.39 is 0 Å². The minimum atomic E-state index is 0.155. The Balaban J connectivity index is 1.77. The van der Waals surface area contributed by atoms with Crippen LogP contribution in [0.15, 0.2) is 18.6 Å². The molecule has 2 atom stereocenters. The van der Waals surface area contributed by atoms with Crippen LogP contribution >= 0.6 is 0 Å². The summed E-state index contributed by atoms with van der Waals surface area (Å²) < 4.78 is 5.40. The molecule has 1 fully saturated rings. The van der Waals surface area contributed by atoms with Gasteiger partial charge in [-0.3, -0.25) is 9.69 Å². The highest BCUT2D eigenvalue weighted by atomic mass is 16.5. The molecule has 1 saturated heterocycles. The molecule has 6 nitrogen and oxygen atoms in total. The summed E-state index contributed by atoms with van der Waals surface area (Å²) in [6.45, 7) is 1.68. The number of carbonyl (C=O) groups is 1. The number of ether oxygens (including phenoxy) is 1. The van der Waals surface area contributed by atoms with Gasteiger partial charge >= 0.3 is 0 Å². The Morgan fingerprint density at radius 3 is 3.00 bits per heavy atom. The fourth-order valence-electron chi connectivity index (χ4n) is 2.72. The Bertz CT molecular complexity index is 454. The van der Waals surface area contributed by atoms with Crippen LogP contribution in [0.5, 0.6) is 0 Å². The average molecular weight is 292 g/mol. The summed E-state index contributed by atoms with van der Waals surface area (Å²) in [6, 6.07) is 2.23. The van der Waals surface area contributed by atoms with E-state index in [0.717, 1.165) is 25.2 Å². The summed E-state index contributed by atoms with van der Waals surface area (Å²) in [5.41, 5.74) is 0.907. The van der Waals surface area contributed by atoms with Crippen molar-refractivity contribution in [1.82, 2.24) is 19.8 Å². The van der Waals surface area contributed by atoms with Crippen LogP contribution < -0.4 is 0 Å². The van der Waals surface area contributed by atoms with Gasteiger partial charge in [-0.25, -0.2) is 9.97 Å². The Morgan fingerprint density at radius 2 is 2.38 bits per heavy atom. The highest BCUT2D eigenvalue weighted by Gasteiger charge is 2.30.